The van der Waals surface area contributed by atoms with Gasteiger partial charge in [-0.2, -0.15) is 0 Å². The van der Waals surface area contributed by atoms with Crippen LogP contribution in [-0.4, -0.2) is 30.6 Å². The number of anilines is 1. The van der Waals surface area contributed by atoms with Gasteiger partial charge in [0, 0.05) is 38.0 Å². The van der Waals surface area contributed by atoms with Crippen molar-refractivity contribution in [3.8, 4) is 0 Å². The van der Waals surface area contributed by atoms with Crippen molar-refractivity contribution in [1.82, 2.24) is 10.3 Å². The number of nitrogen functional groups attached to an aromatic ring is 1. The van der Waals surface area contributed by atoms with Crippen molar-refractivity contribution in [3.05, 3.63) is 11.1 Å². The molecule has 3 N–H and O–H groups in total. The first-order chi connectivity index (χ1) is 8.24. The van der Waals surface area contributed by atoms with Crippen molar-refractivity contribution in [2.24, 2.45) is 5.92 Å². The molecular weight excluding hydrogens is 238 g/mol. The highest BCUT2D eigenvalue weighted by molar-refractivity contribution is 7.13. The Bertz CT molecular complexity index is 375. The van der Waals surface area contributed by atoms with E-state index in [0.29, 0.717) is 24.0 Å². The maximum Gasteiger partial charge on any atom is 0.220 e. The Kier molecular flexibility index (Phi) is 4.33. The zero-order chi connectivity index (χ0) is 12.1. The largest absolute Gasteiger partial charge is 0.381 e. The Balaban J connectivity index is 1.62. The van der Waals surface area contributed by atoms with Gasteiger partial charge in [0.25, 0.3) is 0 Å². The minimum absolute atomic E-state index is 0.101. The van der Waals surface area contributed by atoms with E-state index in [9.17, 15) is 4.79 Å². The number of nitrogens with one attached hydrogen (secondary N) is 1. The number of rotatable bonds is 5. The average Bonchev–Trinajstić information content (AvgIpc) is 2.90. The van der Waals surface area contributed by atoms with Gasteiger partial charge in [-0.15, -0.1) is 11.3 Å². The molecule has 94 valence electrons. The van der Waals surface area contributed by atoms with E-state index in [1.165, 1.54) is 11.3 Å². The molecular formula is C11H17N3O2S. The first-order valence-corrected chi connectivity index (χ1v) is 6.66. The van der Waals surface area contributed by atoms with Gasteiger partial charge in [-0.3, -0.25) is 4.79 Å². The Hall–Kier alpha value is -1.14. The van der Waals surface area contributed by atoms with Crippen LogP contribution in [0.1, 0.15) is 18.5 Å². The summed E-state index contributed by atoms with van der Waals surface area (Å²) in [6.45, 7) is 2.13. The Morgan fingerprint density at radius 1 is 1.71 bits per heavy atom. The molecule has 1 saturated heterocycles. The van der Waals surface area contributed by atoms with Crippen molar-refractivity contribution in [2.45, 2.75) is 19.3 Å². The van der Waals surface area contributed by atoms with Crippen LogP contribution in [0.3, 0.4) is 0 Å². The number of nitrogens with two attached hydrogens (primary N) is 1. The first-order valence-electron chi connectivity index (χ1n) is 5.78. The average molecular weight is 255 g/mol. The molecule has 17 heavy (non-hydrogen) atoms. The van der Waals surface area contributed by atoms with E-state index in [2.05, 4.69) is 10.3 Å². The summed E-state index contributed by atoms with van der Waals surface area (Å²) in [6.07, 6.45) is 2.30. The van der Waals surface area contributed by atoms with Gasteiger partial charge in [0.1, 0.15) is 0 Å². The maximum absolute atomic E-state index is 11.6. The lowest BCUT2D eigenvalue weighted by atomic mass is 10.1. The maximum atomic E-state index is 11.6. The molecule has 2 rings (SSSR count). The number of ether oxygens (including phenoxy) is 1. The molecule has 2 heterocycles. The van der Waals surface area contributed by atoms with Gasteiger partial charge in [-0.25, -0.2) is 4.98 Å². The number of nitrogens with zero attached hydrogens (tertiary/aromatic N) is 1. The summed E-state index contributed by atoms with van der Waals surface area (Å²) in [5, 5.41) is 5.40. The quantitative estimate of drug-likeness (QED) is 0.816. The number of carbonyl (C=O) groups excluding carboxylic acids is 1. The van der Waals surface area contributed by atoms with Crippen LogP contribution in [0.4, 0.5) is 5.13 Å². The van der Waals surface area contributed by atoms with E-state index < -0.39 is 0 Å². The number of carbonyl (C=O) groups is 1. The van der Waals surface area contributed by atoms with Crippen LogP contribution >= 0.6 is 11.3 Å². The molecule has 1 fully saturated rings. The second-order valence-corrected chi connectivity index (χ2v) is 5.10. The summed E-state index contributed by atoms with van der Waals surface area (Å²) in [5.41, 5.74) is 6.47. The SMILES string of the molecule is Nc1nc(CCNC(=O)CC2CCOC2)cs1. The first kappa shape index (κ1) is 12.3. The molecule has 0 saturated carbocycles. The van der Waals surface area contributed by atoms with Crippen LogP contribution in [0.15, 0.2) is 5.38 Å². The molecule has 0 radical (unpaired) electrons. The van der Waals surface area contributed by atoms with Gasteiger partial charge in [-0.05, 0) is 12.3 Å². The third-order valence-electron chi connectivity index (χ3n) is 2.77. The van der Waals surface area contributed by atoms with Crippen LogP contribution in [0.5, 0.6) is 0 Å². The highest BCUT2D eigenvalue weighted by Crippen LogP contribution is 2.15. The second-order valence-electron chi connectivity index (χ2n) is 4.21. The summed E-state index contributed by atoms with van der Waals surface area (Å²) in [6, 6.07) is 0. The van der Waals surface area contributed by atoms with Crippen molar-refractivity contribution >= 4 is 22.4 Å². The van der Waals surface area contributed by atoms with Gasteiger partial charge in [0.05, 0.1) is 5.69 Å². The molecule has 5 nitrogen and oxygen atoms in total. The van der Waals surface area contributed by atoms with Crippen LogP contribution in [0.2, 0.25) is 0 Å². The van der Waals surface area contributed by atoms with E-state index in [1.807, 2.05) is 5.38 Å². The fraction of sp³-hybridized carbons (Fsp3) is 0.636. The summed E-state index contributed by atoms with van der Waals surface area (Å²) < 4.78 is 5.23. The summed E-state index contributed by atoms with van der Waals surface area (Å²) in [4.78, 5) is 15.7. The third kappa shape index (κ3) is 3.98. The van der Waals surface area contributed by atoms with E-state index in [1.54, 1.807) is 0 Å². The normalized spacial score (nSPS) is 19.4. The minimum Gasteiger partial charge on any atom is -0.381 e. The molecule has 1 atom stereocenters. The van der Waals surface area contributed by atoms with Crippen molar-refractivity contribution in [3.63, 3.8) is 0 Å². The monoisotopic (exact) mass is 255 g/mol. The molecule has 0 bridgehead atoms. The van der Waals surface area contributed by atoms with Crippen LogP contribution < -0.4 is 11.1 Å². The lowest BCUT2D eigenvalue weighted by molar-refractivity contribution is -0.122. The Labute approximate surface area is 104 Å². The lowest BCUT2D eigenvalue weighted by Gasteiger charge is -2.07. The van der Waals surface area contributed by atoms with E-state index >= 15 is 0 Å². The van der Waals surface area contributed by atoms with Gasteiger partial charge in [0.2, 0.25) is 5.91 Å². The van der Waals surface area contributed by atoms with Crippen molar-refractivity contribution in [2.75, 3.05) is 25.5 Å². The number of aromatic nitrogens is 1. The lowest BCUT2D eigenvalue weighted by Crippen LogP contribution is -2.27. The van der Waals surface area contributed by atoms with Gasteiger partial charge < -0.3 is 15.8 Å². The zero-order valence-electron chi connectivity index (χ0n) is 9.65. The van der Waals surface area contributed by atoms with E-state index in [0.717, 1.165) is 31.7 Å². The van der Waals surface area contributed by atoms with Crippen LogP contribution in [-0.2, 0) is 16.0 Å². The molecule has 0 aromatic carbocycles. The topological polar surface area (TPSA) is 77.2 Å². The number of hydrogen-bond acceptors (Lipinski definition) is 5. The van der Waals surface area contributed by atoms with E-state index in [4.69, 9.17) is 10.5 Å². The van der Waals surface area contributed by atoms with Crippen LogP contribution in [0.25, 0.3) is 0 Å². The summed E-state index contributed by atoms with van der Waals surface area (Å²) >= 11 is 1.43. The number of amides is 1. The zero-order valence-corrected chi connectivity index (χ0v) is 10.5. The third-order valence-corrected chi connectivity index (χ3v) is 3.49. The minimum atomic E-state index is 0.101. The Morgan fingerprint density at radius 2 is 2.59 bits per heavy atom. The predicted molar refractivity (Wildman–Crippen MR) is 66.8 cm³/mol. The summed E-state index contributed by atoms with van der Waals surface area (Å²) in [7, 11) is 0. The van der Waals surface area contributed by atoms with Crippen molar-refractivity contribution in [1.29, 1.82) is 0 Å². The molecule has 1 aliphatic heterocycles. The highest BCUT2D eigenvalue weighted by atomic mass is 32.1. The van der Waals surface area contributed by atoms with Gasteiger partial charge in [-0.1, -0.05) is 0 Å². The van der Waals surface area contributed by atoms with Crippen LogP contribution in [0, 0.1) is 5.92 Å². The summed E-state index contributed by atoms with van der Waals surface area (Å²) in [5.74, 6) is 0.494. The molecule has 6 heteroatoms. The van der Waals surface area contributed by atoms with Gasteiger partial charge in [0.15, 0.2) is 5.13 Å². The van der Waals surface area contributed by atoms with Crippen molar-refractivity contribution < 1.29 is 9.53 Å². The predicted octanol–water partition coefficient (Wildman–Crippen LogP) is 0.811. The molecule has 1 aromatic rings. The van der Waals surface area contributed by atoms with E-state index in [-0.39, 0.29) is 5.91 Å². The fourth-order valence-electron chi connectivity index (χ4n) is 1.85. The number of thiazole rings is 1. The second kappa shape index (κ2) is 5.97. The molecule has 0 aliphatic carbocycles. The molecule has 1 aliphatic rings. The fourth-order valence-corrected chi connectivity index (χ4v) is 2.44. The van der Waals surface area contributed by atoms with Gasteiger partial charge >= 0.3 is 0 Å². The number of hydrogen-bond donors (Lipinski definition) is 2. The molecule has 1 amide bonds. The molecule has 0 spiro atoms. The smallest absolute Gasteiger partial charge is 0.220 e. The Morgan fingerprint density at radius 3 is 3.24 bits per heavy atom. The highest BCUT2D eigenvalue weighted by Gasteiger charge is 2.18. The molecule has 1 aromatic heterocycles. The standard InChI is InChI=1S/C11H17N3O2S/c12-11-14-9(7-17-11)1-3-13-10(15)5-8-2-4-16-6-8/h7-8H,1-6H2,(H2,12,14)(H,13,15). The molecule has 1 unspecified atom stereocenters.